The lowest BCUT2D eigenvalue weighted by Crippen LogP contribution is -2.16. The minimum Gasteiger partial charge on any atom is -0.335 e. The van der Waals surface area contributed by atoms with Gasteiger partial charge in [0.1, 0.15) is 5.82 Å². The van der Waals surface area contributed by atoms with E-state index in [1.165, 1.54) is 6.07 Å². The van der Waals surface area contributed by atoms with E-state index < -0.39 is 5.82 Å². The molecule has 1 heterocycles. The first-order valence-electron chi connectivity index (χ1n) is 7.28. The zero-order chi connectivity index (χ0) is 18.7. The number of nitrogen functional groups attached to an aromatic ring is 1. The number of hydrogen-bond acceptors (Lipinski definition) is 5. The monoisotopic (exact) mass is 411 g/mol. The summed E-state index contributed by atoms with van der Waals surface area (Å²) >= 11 is 12.9. The van der Waals surface area contributed by atoms with Gasteiger partial charge in [0, 0.05) is 15.7 Å². The zero-order valence-corrected chi connectivity index (χ0v) is 15.4. The van der Waals surface area contributed by atoms with Crippen molar-refractivity contribution < 1.29 is 9.18 Å². The Morgan fingerprint density at radius 1 is 1.19 bits per heavy atom. The van der Waals surface area contributed by atoms with Gasteiger partial charge in [-0.3, -0.25) is 4.79 Å². The Kier molecular flexibility index (Phi) is 5.65. The van der Waals surface area contributed by atoms with Gasteiger partial charge in [-0.1, -0.05) is 47.1 Å². The molecular formula is C16H12Cl2FN5OS. The molecule has 1 amide bonds. The number of nitrogens with two attached hydrogens (primary N) is 1. The van der Waals surface area contributed by atoms with E-state index in [9.17, 15) is 9.18 Å². The molecule has 3 aromatic rings. The largest absolute Gasteiger partial charge is 0.335 e. The van der Waals surface area contributed by atoms with Gasteiger partial charge in [0.15, 0.2) is 5.82 Å². The summed E-state index contributed by atoms with van der Waals surface area (Å²) in [4.78, 5) is 12.1. The summed E-state index contributed by atoms with van der Waals surface area (Å²) in [5.41, 5.74) is 0.710. The number of hydrogen-bond donors (Lipinski definition) is 2. The number of amides is 1. The van der Waals surface area contributed by atoms with Crippen LogP contribution in [0.2, 0.25) is 10.0 Å². The molecule has 0 fully saturated rings. The lowest BCUT2D eigenvalue weighted by atomic mass is 10.2. The first-order chi connectivity index (χ1) is 12.4. The van der Waals surface area contributed by atoms with Crippen molar-refractivity contribution in [1.82, 2.24) is 14.9 Å². The molecule has 0 aliphatic heterocycles. The zero-order valence-electron chi connectivity index (χ0n) is 13.1. The van der Waals surface area contributed by atoms with Crippen molar-refractivity contribution in [2.75, 3.05) is 16.9 Å². The molecule has 0 saturated carbocycles. The van der Waals surface area contributed by atoms with Crippen LogP contribution in [-0.4, -0.2) is 26.5 Å². The van der Waals surface area contributed by atoms with Crippen molar-refractivity contribution in [1.29, 1.82) is 0 Å². The summed E-state index contributed by atoms with van der Waals surface area (Å²) in [7, 11) is 0. The van der Waals surface area contributed by atoms with Gasteiger partial charge in [0.2, 0.25) is 11.1 Å². The van der Waals surface area contributed by atoms with Crippen LogP contribution in [0.5, 0.6) is 0 Å². The van der Waals surface area contributed by atoms with Gasteiger partial charge < -0.3 is 11.2 Å². The Hall–Kier alpha value is -2.29. The molecule has 0 spiro atoms. The molecule has 0 atom stereocenters. The molecule has 1 aromatic heterocycles. The first kappa shape index (κ1) is 18.5. The van der Waals surface area contributed by atoms with Crippen LogP contribution in [0.3, 0.4) is 0 Å². The van der Waals surface area contributed by atoms with E-state index in [2.05, 4.69) is 15.5 Å². The molecule has 6 nitrogen and oxygen atoms in total. The number of carbonyl (C=O) groups excluding carboxylic acids is 1. The number of aromatic nitrogens is 3. The molecule has 3 rings (SSSR count). The number of nitrogens with zero attached hydrogens (tertiary/aromatic N) is 3. The number of thioether (sulfide) groups is 1. The highest BCUT2D eigenvalue weighted by molar-refractivity contribution is 7.99. The highest BCUT2D eigenvalue weighted by atomic mass is 35.5. The molecule has 0 aliphatic rings. The van der Waals surface area contributed by atoms with Gasteiger partial charge in [0.25, 0.3) is 0 Å². The van der Waals surface area contributed by atoms with Crippen LogP contribution < -0.4 is 11.2 Å². The van der Waals surface area contributed by atoms with Crippen molar-refractivity contribution in [3.63, 3.8) is 0 Å². The second-order valence-corrected chi connectivity index (χ2v) is 6.97. The lowest BCUT2D eigenvalue weighted by Gasteiger charge is -2.07. The van der Waals surface area contributed by atoms with E-state index in [0.717, 1.165) is 16.4 Å². The van der Waals surface area contributed by atoms with Crippen molar-refractivity contribution in [3.8, 4) is 11.4 Å². The average Bonchev–Trinajstić information content (AvgIpc) is 2.93. The molecule has 0 bridgehead atoms. The van der Waals surface area contributed by atoms with Gasteiger partial charge in [0.05, 0.1) is 11.3 Å². The normalized spacial score (nSPS) is 10.7. The van der Waals surface area contributed by atoms with E-state index in [1.807, 2.05) is 0 Å². The summed E-state index contributed by atoms with van der Waals surface area (Å²) in [5, 5.41) is 11.6. The number of benzene rings is 2. The Balaban J connectivity index is 1.67. The number of anilines is 1. The fourth-order valence-corrected chi connectivity index (χ4v) is 3.34. The number of nitrogens with one attached hydrogen (secondary N) is 1. The minimum absolute atomic E-state index is 0.0245. The van der Waals surface area contributed by atoms with Crippen LogP contribution in [0.1, 0.15) is 0 Å². The highest BCUT2D eigenvalue weighted by Gasteiger charge is 2.16. The third-order valence-corrected chi connectivity index (χ3v) is 4.64. The Morgan fingerprint density at radius 2 is 1.88 bits per heavy atom. The quantitative estimate of drug-likeness (QED) is 0.491. The van der Waals surface area contributed by atoms with E-state index in [1.54, 1.807) is 36.4 Å². The Labute approximate surface area is 162 Å². The molecule has 10 heteroatoms. The van der Waals surface area contributed by atoms with Gasteiger partial charge in [-0.15, -0.1) is 10.2 Å². The topological polar surface area (TPSA) is 85.8 Å². The fraction of sp³-hybridized carbons (Fsp3) is 0.0625. The first-order valence-corrected chi connectivity index (χ1v) is 9.02. The van der Waals surface area contributed by atoms with Gasteiger partial charge in [-0.05, 0) is 30.3 Å². The SMILES string of the molecule is Nn1c(SCC(=O)Nc2cc(Cl)cc(Cl)c2)nnc1-c1ccccc1F. The summed E-state index contributed by atoms with van der Waals surface area (Å²) in [6.45, 7) is 0. The van der Waals surface area contributed by atoms with E-state index in [0.29, 0.717) is 15.7 Å². The Bertz CT molecular complexity index is 945. The highest BCUT2D eigenvalue weighted by Crippen LogP contribution is 2.25. The van der Waals surface area contributed by atoms with Crippen LogP contribution in [0.4, 0.5) is 10.1 Å². The summed E-state index contributed by atoms with van der Waals surface area (Å²) in [6, 6.07) is 10.8. The van der Waals surface area contributed by atoms with Crippen molar-refractivity contribution in [3.05, 3.63) is 58.3 Å². The number of halogens is 3. The summed E-state index contributed by atoms with van der Waals surface area (Å²) in [5.74, 6) is 5.36. The van der Waals surface area contributed by atoms with Crippen molar-refractivity contribution in [2.24, 2.45) is 0 Å². The molecular weight excluding hydrogens is 400 g/mol. The predicted molar refractivity (Wildman–Crippen MR) is 101 cm³/mol. The fourth-order valence-electron chi connectivity index (χ4n) is 2.15. The van der Waals surface area contributed by atoms with E-state index in [-0.39, 0.29) is 28.2 Å². The molecule has 0 unspecified atom stereocenters. The van der Waals surface area contributed by atoms with Crippen LogP contribution in [0, 0.1) is 5.82 Å². The summed E-state index contributed by atoms with van der Waals surface area (Å²) < 4.78 is 15.0. The molecule has 0 saturated heterocycles. The maximum Gasteiger partial charge on any atom is 0.234 e. The van der Waals surface area contributed by atoms with E-state index in [4.69, 9.17) is 29.0 Å². The van der Waals surface area contributed by atoms with Crippen molar-refractivity contribution >= 4 is 46.6 Å². The lowest BCUT2D eigenvalue weighted by molar-refractivity contribution is -0.113. The van der Waals surface area contributed by atoms with Gasteiger partial charge >= 0.3 is 0 Å². The van der Waals surface area contributed by atoms with Crippen molar-refractivity contribution in [2.45, 2.75) is 5.16 Å². The second-order valence-electron chi connectivity index (χ2n) is 5.15. The Morgan fingerprint density at radius 3 is 2.58 bits per heavy atom. The smallest absolute Gasteiger partial charge is 0.234 e. The van der Waals surface area contributed by atoms with Crippen LogP contribution in [0.15, 0.2) is 47.6 Å². The predicted octanol–water partition coefficient (Wildman–Crippen LogP) is 3.84. The number of rotatable bonds is 5. The van der Waals surface area contributed by atoms with Gasteiger partial charge in [-0.25, -0.2) is 9.07 Å². The molecule has 0 radical (unpaired) electrons. The molecule has 3 N–H and O–H groups in total. The standard InChI is InChI=1S/C16H12Cl2FN5OS/c17-9-5-10(18)7-11(6-9)21-14(25)8-26-16-23-22-15(24(16)20)12-3-1-2-4-13(12)19/h1-7H,8,20H2,(H,21,25). The van der Waals surface area contributed by atoms with Crippen LogP contribution >= 0.6 is 35.0 Å². The van der Waals surface area contributed by atoms with Crippen LogP contribution in [0.25, 0.3) is 11.4 Å². The van der Waals surface area contributed by atoms with Crippen LogP contribution in [-0.2, 0) is 4.79 Å². The molecule has 26 heavy (non-hydrogen) atoms. The summed E-state index contributed by atoms with van der Waals surface area (Å²) in [6.07, 6.45) is 0. The third kappa shape index (κ3) is 4.27. The average molecular weight is 412 g/mol. The minimum atomic E-state index is -0.460. The maximum atomic E-state index is 13.9. The molecule has 0 aliphatic carbocycles. The molecule has 134 valence electrons. The third-order valence-electron chi connectivity index (χ3n) is 3.26. The van der Waals surface area contributed by atoms with Gasteiger partial charge in [-0.2, -0.15) is 0 Å². The second kappa shape index (κ2) is 7.94. The molecule has 2 aromatic carbocycles. The van der Waals surface area contributed by atoms with E-state index >= 15 is 0 Å². The maximum absolute atomic E-state index is 13.9. The number of carbonyl (C=O) groups is 1.